The van der Waals surface area contributed by atoms with Crippen LogP contribution in [0.3, 0.4) is 0 Å². The molecule has 2 N–H and O–H groups in total. The highest BCUT2D eigenvalue weighted by molar-refractivity contribution is 8.14. The molecule has 2 aliphatic rings. The van der Waals surface area contributed by atoms with Crippen LogP contribution in [0.2, 0.25) is 0 Å². The summed E-state index contributed by atoms with van der Waals surface area (Å²) in [5, 5.41) is 13.5. The normalized spacial score (nSPS) is 30.2. The zero-order valence-corrected chi connectivity index (χ0v) is 8.52. The molecule has 0 aromatic heterocycles. The Morgan fingerprint density at radius 2 is 2.08 bits per heavy atom. The van der Waals surface area contributed by atoms with Crippen molar-refractivity contribution in [3.05, 3.63) is 0 Å². The van der Waals surface area contributed by atoms with Gasteiger partial charge in [-0.1, -0.05) is 31.0 Å². The minimum Gasteiger partial charge on any atom is -0.371 e. The van der Waals surface area contributed by atoms with Gasteiger partial charge in [0.1, 0.15) is 0 Å². The van der Waals surface area contributed by atoms with Crippen molar-refractivity contribution in [1.29, 1.82) is 0 Å². The van der Waals surface area contributed by atoms with Crippen LogP contribution in [0.4, 0.5) is 0 Å². The van der Waals surface area contributed by atoms with Crippen molar-refractivity contribution in [3.8, 4) is 0 Å². The zero-order chi connectivity index (χ0) is 9.10. The minimum atomic E-state index is -0.476. The van der Waals surface area contributed by atoms with Crippen LogP contribution in [-0.2, 0) is 0 Å². The number of hydrogen-bond acceptors (Lipinski definition) is 4. The molecular weight excluding hydrogens is 184 g/mol. The Morgan fingerprint density at radius 3 is 2.69 bits per heavy atom. The van der Waals surface area contributed by atoms with E-state index in [1.807, 2.05) is 0 Å². The Labute approximate surface area is 83.0 Å². The molecule has 1 atom stereocenters. The molecule has 3 nitrogen and oxygen atoms in total. The number of rotatable bonds is 1. The fraction of sp³-hybridized carbons (Fsp3) is 0.889. The maximum Gasteiger partial charge on any atom is 0.159 e. The van der Waals surface area contributed by atoms with Crippen LogP contribution in [0, 0.1) is 0 Å². The van der Waals surface area contributed by atoms with Crippen molar-refractivity contribution in [2.45, 2.75) is 44.4 Å². The highest BCUT2D eigenvalue weighted by Gasteiger charge is 2.19. The first-order valence-electron chi connectivity index (χ1n) is 5.00. The second-order valence-corrected chi connectivity index (χ2v) is 4.71. The molecule has 13 heavy (non-hydrogen) atoms. The molecule has 0 aromatic carbocycles. The maximum absolute atomic E-state index is 9.18. The Hall–Kier alpha value is -0.220. The summed E-state index contributed by atoms with van der Waals surface area (Å²) < 4.78 is 0. The van der Waals surface area contributed by atoms with E-state index >= 15 is 0 Å². The zero-order valence-electron chi connectivity index (χ0n) is 7.70. The molecule has 1 heterocycles. The Kier molecular flexibility index (Phi) is 3.11. The molecule has 1 unspecified atom stereocenters. The lowest BCUT2D eigenvalue weighted by Crippen LogP contribution is -2.33. The molecule has 1 saturated carbocycles. The molecule has 0 saturated heterocycles. The summed E-state index contributed by atoms with van der Waals surface area (Å²) in [7, 11) is 0. The van der Waals surface area contributed by atoms with Crippen molar-refractivity contribution < 1.29 is 5.11 Å². The third kappa shape index (κ3) is 2.61. The van der Waals surface area contributed by atoms with E-state index in [0.29, 0.717) is 6.04 Å². The van der Waals surface area contributed by atoms with Crippen LogP contribution in [0.1, 0.15) is 32.1 Å². The summed E-state index contributed by atoms with van der Waals surface area (Å²) in [6.45, 7) is 0. The van der Waals surface area contributed by atoms with Gasteiger partial charge < -0.3 is 10.4 Å². The van der Waals surface area contributed by atoms with Gasteiger partial charge in [-0.25, -0.2) is 4.99 Å². The van der Waals surface area contributed by atoms with Crippen LogP contribution < -0.4 is 5.32 Å². The molecule has 0 bridgehead atoms. The molecule has 2 rings (SSSR count). The second kappa shape index (κ2) is 4.33. The highest BCUT2D eigenvalue weighted by Crippen LogP contribution is 2.20. The summed E-state index contributed by atoms with van der Waals surface area (Å²) in [6.07, 6.45) is 6.08. The Bertz CT molecular complexity index is 202. The van der Waals surface area contributed by atoms with E-state index in [1.54, 1.807) is 11.8 Å². The first kappa shape index (κ1) is 9.34. The van der Waals surface area contributed by atoms with E-state index in [9.17, 15) is 5.11 Å². The first-order valence-corrected chi connectivity index (χ1v) is 5.98. The van der Waals surface area contributed by atoms with Gasteiger partial charge >= 0.3 is 0 Å². The van der Waals surface area contributed by atoms with Crippen LogP contribution in [-0.4, -0.2) is 28.3 Å². The minimum absolute atomic E-state index is 0.476. The number of hydrogen-bond donors (Lipinski definition) is 2. The van der Waals surface area contributed by atoms with Gasteiger partial charge in [0.2, 0.25) is 0 Å². The van der Waals surface area contributed by atoms with Crippen LogP contribution in [0.5, 0.6) is 0 Å². The van der Waals surface area contributed by atoms with Gasteiger partial charge in [0.05, 0.1) is 0 Å². The first-order chi connectivity index (χ1) is 6.34. The molecular formula is C9H16N2OS. The highest BCUT2D eigenvalue weighted by atomic mass is 32.2. The van der Waals surface area contributed by atoms with E-state index < -0.39 is 6.23 Å². The molecule has 1 fully saturated rings. The lowest BCUT2D eigenvalue weighted by atomic mass is 9.96. The third-order valence-corrected chi connectivity index (χ3v) is 3.53. The number of amidine groups is 1. The van der Waals surface area contributed by atoms with Crippen LogP contribution in [0.15, 0.2) is 4.99 Å². The molecule has 0 radical (unpaired) electrons. The van der Waals surface area contributed by atoms with Gasteiger partial charge in [0.15, 0.2) is 11.4 Å². The Morgan fingerprint density at radius 1 is 1.31 bits per heavy atom. The fourth-order valence-corrected chi connectivity index (χ4v) is 2.69. The predicted octanol–water partition coefficient (Wildman–Crippen LogP) is 1.33. The summed E-state index contributed by atoms with van der Waals surface area (Å²) in [4.78, 5) is 4.11. The van der Waals surface area contributed by atoms with Gasteiger partial charge in [-0.3, -0.25) is 0 Å². The average Bonchev–Trinajstić information content (AvgIpc) is 2.53. The second-order valence-electron chi connectivity index (χ2n) is 3.71. The van der Waals surface area contributed by atoms with E-state index in [1.165, 1.54) is 32.1 Å². The molecule has 0 amide bonds. The predicted molar refractivity (Wildman–Crippen MR) is 55.9 cm³/mol. The molecule has 1 aliphatic heterocycles. The topological polar surface area (TPSA) is 44.6 Å². The summed E-state index contributed by atoms with van der Waals surface area (Å²) in [5.74, 6) is 0.717. The fourth-order valence-electron chi connectivity index (χ4n) is 1.86. The molecule has 4 heteroatoms. The van der Waals surface area contributed by atoms with Crippen molar-refractivity contribution >= 4 is 16.9 Å². The number of aliphatic hydroxyl groups excluding tert-OH is 1. The lowest BCUT2D eigenvalue weighted by Gasteiger charge is -2.23. The maximum atomic E-state index is 9.18. The largest absolute Gasteiger partial charge is 0.371 e. The van der Waals surface area contributed by atoms with Gasteiger partial charge in [-0.05, 0) is 12.8 Å². The summed E-state index contributed by atoms with van der Waals surface area (Å²) in [6, 6.07) is 0.602. The van der Waals surface area contributed by atoms with Gasteiger partial charge in [0.25, 0.3) is 0 Å². The van der Waals surface area contributed by atoms with Crippen molar-refractivity contribution in [2.75, 3.05) is 5.75 Å². The van der Waals surface area contributed by atoms with Crippen molar-refractivity contribution in [1.82, 2.24) is 5.32 Å². The number of nitrogens with one attached hydrogen (secondary N) is 1. The standard InChI is InChI=1S/C9H16N2OS/c12-8-6-13-9(11-8)10-7-4-2-1-3-5-7/h7-8,12H,1-6H2,(H,10,11). The third-order valence-electron chi connectivity index (χ3n) is 2.57. The van der Waals surface area contributed by atoms with Gasteiger partial charge in [-0.15, -0.1) is 0 Å². The van der Waals surface area contributed by atoms with E-state index in [4.69, 9.17) is 0 Å². The molecule has 1 aliphatic carbocycles. The lowest BCUT2D eigenvalue weighted by molar-refractivity contribution is 0.212. The monoisotopic (exact) mass is 200 g/mol. The Balaban J connectivity index is 1.80. The van der Waals surface area contributed by atoms with Crippen molar-refractivity contribution in [2.24, 2.45) is 4.99 Å². The van der Waals surface area contributed by atoms with Gasteiger partial charge in [-0.2, -0.15) is 0 Å². The smallest absolute Gasteiger partial charge is 0.159 e. The number of aliphatic hydroxyl groups is 1. The molecule has 74 valence electrons. The number of aliphatic imine (C=N–C) groups is 1. The number of nitrogens with zero attached hydrogens (tertiary/aromatic N) is 1. The summed E-state index contributed by atoms with van der Waals surface area (Å²) >= 11 is 1.63. The molecule has 0 aromatic rings. The van der Waals surface area contributed by atoms with E-state index in [2.05, 4.69) is 10.3 Å². The van der Waals surface area contributed by atoms with Crippen LogP contribution in [0.25, 0.3) is 0 Å². The molecule has 0 spiro atoms. The van der Waals surface area contributed by atoms with Crippen LogP contribution >= 0.6 is 11.8 Å². The van der Waals surface area contributed by atoms with Crippen molar-refractivity contribution in [3.63, 3.8) is 0 Å². The summed E-state index contributed by atoms with van der Waals surface area (Å²) in [5.41, 5.74) is 0. The average molecular weight is 200 g/mol. The van der Waals surface area contributed by atoms with E-state index in [0.717, 1.165) is 10.9 Å². The van der Waals surface area contributed by atoms with E-state index in [-0.39, 0.29) is 0 Å². The SMILES string of the molecule is OC1CSC(NC2CCCCC2)=N1. The quantitative estimate of drug-likeness (QED) is 0.671. The van der Waals surface area contributed by atoms with Gasteiger partial charge in [0, 0.05) is 11.8 Å². The number of thioether (sulfide) groups is 1.